The van der Waals surface area contributed by atoms with Crippen molar-refractivity contribution in [3.63, 3.8) is 0 Å². The molecule has 0 saturated carbocycles. The Morgan fingerprint density at radius 3 is 2.42 bits per heavy atom. The molecule has 12 heavy (non-hydrogen) atoms. The molecule has 1 aliphatic rings. The van der Waals surface area contributed by atoms with Gasteiger partial charge in [-0.1, -0.05) is 0 Å². The lowest BCUT2D eigenvalue weighted by molar-refractivity contribution is -0.128. The van der Waals surface area contributed by atoms with Crippen LogP contribution in [-0.4, -0.2) is 57.3 Å². The molecule has 0 unspecified atom stereocenters. The van der Waals surface area contributed by atoms with Crippen molar-refractivity contribution in [2.75, 3.05) is 6.61 Å². The second-order valence-corrected chi connectivity index (χ2v) is 2.72. The molecule has 0 spiro atoms. The summed E-state index contributed by atoms with van der Waals surface area (Å²) in [5.41, 5.74) is 0. The fourth-order valence-corrected chi connectivity index (χ4v) is 1.12. The van der Waals surface area contributed by atoms with Gasteiger partial charge in [0.15, 0.2) is 6.10 Å². The number of carbonyl (C=O) groups excluding carboxylic acids is 1. The summed E-state index contributed by atoms with van der Waals surface area (Å²) >= 11 is 0. The van der Waals surface area contributed by atoms with E-state index in [2.05, 4.69) is 5.32 Å². The summed E-state index contributed by atoms with van der Waals surface area (Å²) in [4.78, 5) is 10.7. The molecule has 1 aliphatic heterocycles. The average molecular weight is 177 g/mol. The molecule has 0 radical (unpaired) electrons. The van der Waals surface area contributed by atoms with Gasteiger partial charge < -0.3 is 25.7 Å². The highest BCUT2D eigenvalue weighted by molar-refractivity contribution is 5.84. The van der Waals surface area contributed by atoms with E-state index < -0.39 is 36.9 Å². The van der Waals surface area contributed by atoms with Crippen molar-refractivity contribution in [2.24, 2.45) is 0 Å². The van der Waals surface area contributed by atoms with Gasteiger partial charge in [-0.05, 0) is 0 Å². The molecule has 0 aromatic carbocycles. The predicted octanol–water partition coefficient (Wildman–Crippen LogP) is -3.44. The summed E-state index contributed by atoms with van der Waals surface area (Å²) in [5.74, 6) is -0.736. The van der Waals surface area contributed by atoms with Gasteiger partial charge in [0.25, 0.3) is 5.91 Å². The van der Waals surface area contributed by atoms with Crippen LogP contribution in [0.3, 0.4) is 0 Å². The van der Waals surface area contributed by atoms with Gasteiger partial charge in [0, 0.05) is 0 Å². The van der Waals surface area contributed by atoms with Crippen LogP contribution in [0.15, 0.2) is 0 Å². The number of amides is 1. The smallest absolute Gasteiger partial charge is 0.252 e. The maximum atomic E-state index is 10.7. The number of hydrogen-bond acceptors (Lipinski definition) is 5. The number of aliphatic hydroxyl groups excluding tert-OH is 4. The molecule has 6 nitrogen and oxygen atoms in total. The summed E-state index contributed by atoms with van der Waals surface area (Å²) in [5, 5.41) is 37.7. The minimum absolute atomic E-state index is 0.575. The van der Waals surface area contributed by atoms with E-state index in [9.17, 15) is 4.79 Å². The van der Waals surface area contributed by atoms with E-state index in [0.29, 0.717) is 0 Å². The first-order valence-electron chi connectivity index (χ1n) is 3.53. The van der Waals surface area contributed by atoms with E-state index in [1.54, 1.807) is 0 Å². The van der Waals surface area contributed by atoms with E-state index in [4.69, 9.17) is 20.4 Å². The third-order valence-electron chi connectivity index (χ3n) is 1.87. The molecular formula is C6H11NO5. The van der Waals surface area contributed by atoms with Crippen molar-refractivity contribution in [1.82, 2.24) is 5.32 Å². The van der Waals surface area contributed by atoms with E-state index in [0.717, 1.165) is 0 Å². The molecule has 5 N–H and O–H groups in total. The number of rotatable bonds is 2. The molecule has 70 valence electrons. The second-order valence-electron chi connectivity index (χ2n) is 2.72. The highest BCUT2D eigenvalue weighted by atomic mass is 16.4. The van der Waals surface area contributed by atoms with Crippen LogP contribution in [0.4, 0.5) is 0 Å². The third kappa shape index (κ3) is 1.42. The van der Waals surface area contributed by atoms with Gasteiger partial charge in [0.2, 0.25) is 0 Å². The lowest BCUT2D eigenvalue weighted by Gasteiger charge is -2.18. The Kier molecular flexibility index (Phi) is 2.63. The van der Waals surface area contributed by atoms with Gasteiger partial charge in [0.1, 0.15) is 6.10 Å². The van der Waals surface area contributed by atoms with Gasteiger partial charge in [0.05, 0.1) is 18.8 Å². The molecule has 1 heterocycles. The lowest BCUT2D eigenvalue weighted by atomic mass is 10.1. The molecule has 1 saturated heterocycles. The van der Waals surface area contributed by atoms with Crippen LogP contribution in [0, 0.1) is 0 Å². The van der Waals surface area contributed by atoms with Gasteiger partial charge >= 0.3 is 0 Å². The fourth-order valence-electron chi connectivity index (χ4n) is 1.12. The summed E-state index contributed by atoms with van der Waals surface area (Å²) in [6.45, 7) is -0.575. The quantitative estimate of drug-likeness (QED) is 0.301. The van der Waals surface area contributed by atoms with Crippen molar-refractivity contribution in [2.45, 2.75) is 24.4 Å². The standard InChI is InChI=1S/C6H11NO5/c8-1-2(9)3-4(10)5(11)6(12)7-3/h2-5,8-11H,1H2,(H,7,12)/t2-,3+,4-,5-/m0/s1. The first-order chi connectivity index (χ1) is 5.57. The van der Waals surface area contributed by atoms with Crippen molar-refractivity contribution >= 4 is 5.91 Å². The maximum absolute atomic E-state index is 10.7. The zero-order valence-electron chi connectivity index (χ0n) is 6.21. The highest BCUT2D eigenvalue weighted by Gasteiger charge is 2.43. The minimum atomic E-state index is -1.52. The normalized spacial score (nSPS) is 38.0. The van der Waals surface area contributed by atoms with Crippen LogP contribution >= 0.6 is 0 Å². The number of hydrogen-bond donors (Lipinski definition) is 5. The molecule has 0 aliphatic carbocycles. The topological polar surface area (TPSA) is 110 Å². The van der Waals surface area contributed by atoms with E-state index >= 15 is 0 Å². The van der Waals surface area contributed by atoms with Crippen LogP contribution in [0.5, 0.6) is 0 Å². The molecule has 0 aromatic heterocycles. The molecule has 1 rings (SSSR count). The third-order valence-corrected chi connectivity index (χ3v) is 1.87. The van der Waals surface area contributed by atoms with Crippen LogP contribution < -0.4 is 5.32 Å². The van der Waals surface area contributed by atoms with E-state index in [-0.39, 0.29) is 0 Å². The van der Waals surface area contributed by atoms with Crippen LogP contribution in [-0.2, 0) is 4.79 Å². The summed E-state index contributed by atoms with van der Waals surface area (Å²) in [7, 11) is 0. The first-order valence-corrected chi connectivity index (χ1v) is 3.53. The van der Waals surface area contributed by atoms with Gasteiger partial charge in [-0.3, -0.25) is 4.79 Å². The van der Waals surface area contributed by atoms with Gasteiger partial charge in [-0.2, -0.15) is 0 Å². The molecule has 1 amide bonds. The Morgan fingerprint density at radius 2 is 2.08 bits per heavy atom. The van der Waals surface area contributed by atoms with Crippen molar-refractivity contribution in [3.8, 4) is 0 Å². The predicted molar refractivity (Wildman–Crippen MR) is 37.0 cm³/mol. The van der Waals surface area contributed by atoms with Gasteiger partial charge in [-0.15, -0.1) is 0 Å². The van der Waals surface area contributed by atoms with Crippen molar-refractivity contribution in [1.29, 1.82) is 0 Å². The van der Waals surface area contributed by atoms with E-state index in [1.807, 2.05) is 0 Å². The fraction of sp³-hybridized carbons (Fsp3) is 0.833. The van der Waals surface area contributed by atoms with Gasteiger partial charge in [-0.25, -0.2) is 0 Å². The molecule has 1 fully saturated rings. The Hall–Kier alpha value is -0.690. The molecule has 4 atom stereocenters. The van der Waals surface area contributed by atoms with Crippen LogP contribution in [0.2, 0.25) is 0 Å². The Bertz CT molecular complexity index is 185. The monoisotopic (exact) mass is 177 g/mol. The Balaban J connectivity index is 2.64. The zero-order valence-corrected chi connectivity index (χ0v) is 6.21. The number of aliphatic hydroxyl groups is 4. The highest BCUT2D eigenvalue weighted by Crippen LogP contribution is 2.12. The largest absolute Gasteiger partial charge is 0.394 e. The maximum Gasteiger partial charge on any atom is 0.252 e. The zero-order chi connectivity index (χ0) is 9.30. The van der Waals surface area contributed by atoms with Crippen LogP contribution in [0.25, 0.3) is 0 Å². The molecule has 0 bridgehead atoms. The second kappa shape index (κ2) is 3.36. The Labute approximate surface area is 68.4 Å². The molecule has 0 aromatic rings. The first kappa shape index (κ1) is 9.40. The lowest BCUT2D eigenvalue weighted by Crippen LogP contribution is -2.45. The molecular weight excluding hydrogens is 166 g/mol. The summed E-state index contributed by atoms with van der Waals surface area (Å²) < 4.78 is 0. The van der Waals surface area contributed by atoms with Crippen molar-refractivity contribution in [3.05, 3.63) is 0 Å². The summed E-state index contributed by atoms with van der Waals surface area (Å²) in [6.07, 6.45) is -4.13. The SMILES string of the molecule is O=C1N[C@H]([C@@H](O)CO)[C@H](O)[C@@H]1O. The van der Waals surface area contributed by atoms with E-state index in [1.165, 1.54) is 0 Å². The minimum Gasteiger partial charge on any atom is -0.394 e. The number of nitrogens with one attached hydrogen (secondary N) is 1. The summed E-state index contributed by atoms with van der Waals surface area (Å²) in [6, 6.07) is -0.988. The molecule has 6 heteroatoms. The number of carbonyl (C=O) groups is 1. The Morgan fingerprint density at radius 1 is 1.50 bits per heavy atom. The van der Waals surface area contributed by atoms with Crippen molar-refractivity contribution < 1.29 is 25.2 Å². The van der Waals surface area contributed by atoms with Crippen LogP contribution in [0.1, 0.15) is 0 Å². The average Bonchev–Trinajstić information content (AvgIpc) is 2.32.